The van der Waals surface area contributed by atoms with Crippen LogP contribution in [0.5, 0.6) is 0 Å². The summed E-state index contributed by atoms with van der Waals surface area (Å²) in [5, 5.41) is 15.7. The molecule has 0 aliphatic carbocycles. The summed E-state index contributed by atoms with van der Waals surface area (Å²) in [5.41, 5.74) is 8.51. The molecule has 232 valence electrons. The first-order chi connectivity index (χ1) is 24.8. The molecule has 12 aromatic rings. The third kappa shape index (κ3) is 3.56. The molecule has 0 atom stereocenters. The van der Waals surface area contributed by atoms with Crippen LogP contribution in [0.25, 0.3) is 118 Å². The first kappa shape index (κ1) is 26.9. The third-order valence-corrected chi connectivity index (χ3v) is 12.6. The number of thiophene rings is 2. The van der Waals surface area contributed by atoms with Crippen LogP contribution in [0.1, 0.15) is 0 Å². The van der Waals surface area contributed by atoms with Crippen molar-refractivity contribution in [3.63, 3.8) is 0 Å². The molecule has 0 saturated carbocycles. The molecule has 0 aliphatic rings. The van der Waals surface area contributed by atoms with E-state index in [2.05, 4.69) is 133 Å². The minimum Gasteiger partial charge on any atom is -0.456 e. The highest BCUT2D eigenvalue weighted by Gasteiger charge is 2.21. The Morgan fingerprint density at radius 1 is 0.380 bits per heavy atom. The zero-order chi connectivity index (χ0) is 32.5. The van der Waals surface area contributed by atoms with Crippen LogP contribution in [0.15, 0.2) is 154 Å². The van der Waals surface area contributed by atoms with Crippen molar-refractivity contribution >= 4 is 118 Å². The van der Waals surface area contributed by atoms with E-state index in [9.17, 15) is 0 Å². The summed E-state index contributed by atoms with van der Waals surface area (Å²) in [7, 11) is 0. The Balaban J connectivity index is 1.13. The van der Waals surface area contributed by atoms with E-state index in [1.54, 1.807) is 0 Å². The standard InChI is InChI=1S/C46H24O2S2/c1-3-12-29-27(10-1)43(25-17-19-38-33(21-25)31-18-20-39-45(46(31)48-38)32-14-5-7-15-37(32)47-39)28-11-2-4-13-30(28)44(29)36-24-49-41-22-34-26-9-6-8-16-40(26)50-42(34)23-35(36)41/h1-24H. The molecule has 0 amide bonds. The molecule has 4 aromatic heterocycles. The quantitative estimate of drug-likeness (QED) is 0.171. The topological polar surface area (TPSA) is 26.3 Å². The maximum absolute atomic E-state index is 6.60. The van der Waals surface area contributed by atoms with Crippen molar-refractivity contribution in [1.29, 1.82) is 0 Å². The Kier molecular flexibility index (Phi) is 5.29. The normalized spacial score (nSPS) is 12.4. The third-order valence-electron chi connectivity index (χ3n) is 10.5. The zero-order valence-corrected chi connectivity index (χ0v) is 28.1. The van der Waals surface area contributed by atoms with Gasteiger partial charge in [0, 0.05) is 52.0 Å². The van der Waals surface area contributed by atoms with Gasteiger partial charge in [-0.1, -0.05) is 91.0 Å². The fourth-order valence-electron chi connectivity index (χ4n) is 8.37. The van der Waals surface area contributed by atoms with Gasteiger partial charge in [-0.2, -0.15) is 0 Å². The van der Waals surface area contributed by atoms with Crippen LogP contribution in [-0.4, -0.2) is 0 Å². The molecule has 0 unspecified atom stereocenters. The number of hydrogen-bond acceptors (Lipinski definition) is 4. The van der Waals surface area contributed by atoms with E-state index in [1.807, 2.05) is 34.8 Å². The van der Waals surface area contributed by atoms with E-state index in [4.69, 9.17) is 8.83 Å². The van der Waals surface area contributed by atoms with Gasteiger partial charge in [-0.3, -0.25) is 0 Å². The number of furan rings is 2. The highest BCUT2D eigenvalue weighted by atomic mass is 32.1. The van der Waals surface area contributed by atoms with Gasteiger partial charge in [0.05, 0.1) is 5.39 Å². The molecule has 4 heterocycles. The molecule has 0 fully saturated rings. The Morgan fingerprint density at radius 2 is 1.02 bits per heavy atom. The van der Waals surface area contributed by atoms with Gasteiger partial charge in [0.1, 0.15) is 22.3 Å². The Labute approximate surface area is 293 Å². The molecule has 0 aliphatic heterocycles. The Bertz CT molecular complexity index is 3330. The lowest BCUT2D eigenvalue weighted by atomic mass is 9.85. The minimum absolute atomic E-state index is 0.847. The van der Waals surface area contributed by atoms with Crippen LogP contribution in [0.2, 0.25) is 0 Å². The van der Waals surface area contributed by atoms with Gasteiger partial charge in [-0.25, -0.2) is 0 Å². The second-order valence-corrected chi connectivity index (χ2v) is 15.2. The van der Waals surface area contributed by atoms with Gasteiger partial charge < -0.3 is 8.83 Å². The number of para-hydroxylation sites is 1. The van der Waals surface area contributed by atoms with E-state index < -0.39 is 0 Å². The molecule has 0 saturated heterocycles. The predicted molar refractivity (Wildman–Crippen MR) is 215 cm³/mol. The molecular formula is C46H24O2S2. The summed E-state index contributed by atoms with van der Waals surface area (Å²) in [4.78, 5) is 0. The van der Waals surface area contributed by atoms with Gasteiger partial charge >= 0.3 is 0 Å². The predicted octanol–water partition coefficient (Wildman–Crippen LogP) is 14.7. The summed E-state index contributed by atoms with van der Waals surface area (Å²) in [6.07, 6.45) is 0. The largest absolute Gasteiger partial charge is 0.456 e. The second-order valence-electron chi connectivity index (χ2n) is 13.2. The average molecular weight is 673 g/mol. The molecule has 8 aromatic carbocycles. The van der Waals surface area contributed by atoms with E-state index in [0.29, 0.717) is 0 Å². The van der Waals surface area contributed by atoms with Crippen LogP contribution in [0.4, 0.5) is 0 Å². The van der Waals surface area contributed by atoms with Crippen molar-refractivity contribution in [2.45, 2.75) is 0 Å². The number of benzene rings is 8. The van der Waals surface area contributed by atoms with Crippen molar-refractivity contribution in [1.82, 2.24) is 0 Å². The minimum atomic E-state index is 0.847. The smallest absolute Gasteiger partial charge is 0.147 e. The number of rotatable bonds is 2. The highest BCUT2D eigenvalue weighted by Crippen LogP contribution is 2.49. The molecule has 0 spiro atoms. The zero-order valence-electron chi connectivity index (χ0n) is 26.5. The lowest BCUT2D eigenvalue weighted by molar-refractivity contribution is 0.663. The van der Waals surface area contributed by atoms with Gasteiger partial charge in [0.15, 0.2) is 0 Å². The summed E-state index contributed by atoms with van der Waals surface area (Å²) < 4.78 is 16.8. The first-order valence-electron chi connectivity index (χ1n) is 16.8. The number of fused-ring (bicyclic) bond motifs is 13. The van der Waals surface area contributed by atoms with Crippen LogP contribution < -0.4 is 0 Å². The summed E-state index contributed by atoms with van der Waals surface area (Å²) in [6.45, 7) is 0. The first-order valence-corrected chi connectivity index (χ1v) is 18.5. The fraction of sp³-hybridized carbons (Fsp3) is 0. The molecule has 4 heteroatoms. The Hall–Kier alpha value is -5.94. The van der Waals surface area contributed by atoms with Gasteiger partial charge in [-0.05, 0) is 92.1 Å². The van der Waals surface area contributed by atoms with Crippen molar-refractivity contribution in [3.05, 3.63) is 145 Å². The van der Waals surface area contributed by atoms with E-state index in [0.717, 1.165) is 43.9 Å². The SMILES string of the molecule is c1ccc2c(c1)oc1ccc3c4cc(-c5c6ccccc6c(-c6csc7cc8c(cc67)sc6ccccc68)c6ccccc56)ccc4oc3c12. The molecule has 50 heavy (non-hydrogen) atoms. The monoisotopic (exact) mass is 672 g/mol. The fourth-order valence-corrected chi connectivity index (χ4v) is 10.5. The summed E-state index contributed by atoms with van der Waals surface area (Å²) in [6, 6.07) is 50.6. The molecule has 0 N–H and O–H groups in total. The van der Waals surface area contributed by atoms with Crippen molar-refractivity contribution < 1.29 is 8.83 Å². The van der Waals surface area contributed by atoms with Crippen molar-refractivity contribution in [2.24, 2.45) is 0 Å². The number of hydrogen-bond donors (Lipinski definition) is 0. The maximum atomic E-state index is 6.60. The van der Waals surface area contributed by atoms with Crippen LogP contribution in [0, 0.1) is 0 Å². The summed E-state index contributed by atoms with van der Waals surface area (Å²) in [5.74, 6) is 0. The maximum Gasteiger partial charge on any atom is 0.147 e. The molecule has 2 nitrogen and oxygen atoms in total. The van der Waals surface area contributed by atoms with Crippen molar-refractivity contribution in [2.75, 3.05) is 0 Å². The van der Waals surface area contributed by atoms with Crippen LogP contribution in [0.3, 0.4) is 0 Å². The van der Waals surface area contributed by atoms with E-state index >= 15 is 0 Å². The van der Waals surface area contributed by atoms with Crippen LogP contribution >= 0.6 is 22.7 Å². The summed E-state index contributed by atoms with van der Waals surface area (Å²) >= 11 is 3.73. The van der Waals surface area contributed by atoms with Crippen molar-refractivity contribution in [3.8, 4) is 22.3 Å². The molecule has 12 rings (SSSR count). The van der Waals surface area contributed by atoms with Gasteiger partial charge in [-0.15, -0.1) is 22.7 Å². The lowest BCUT2D eigenvalue weighted by Gasteiger charge is -2.17. The highest BCUT2D eigenvalue weighted by molar-refractivity contribution is 7.26. The van der Waals surface area contributed by atoms with Crippen LogP contribution in [-0.2, 0) is 0 Å². The Morgan fingerprint density at radius 3 is 1.82 bits per heavy atom. The van der Waals surface area contributed by atoms with Gasteiger partial charge in [0.25, 0.3) is 0 Å². The van der Waals surface area contributed by atoms with E-state index in [-0.39, 0.29) is 0 Å². The molecular weight excluding hydrogens is 649 g/mol. The van der Waals surface area contributed by atoms with Gasteiger partial charge in [0.2, 0.25) is 0 Å². The molecule has 0 bridgehead atoms. The lowest BCUT2D eigenvalue weighted by Crippen LogP contribution is -1.90. The second kappa shape index (κ2) is 9.82. The van der Waals surface area contributed by atoms with E-state index in [1.165, 1.54) is 74.1 Å². The average Bonchev–Trinajstić information content (AvgIpc) is 3.93. The molecule has 0 radical (unpaired) electrons.